The van der Waals surface area contributed by atoms with Crippen LogP contribution >= 0.6 is 0 Å². The Kier molecular flexibility index (Phi) is 11.2. The van der Waals surface area contributed by atoms with E-state index in [1.54, 1.807) is 0 Å². The first-order valence-electron chi connectivity index (χ1n) is 6.05. The van der Waals surface area contributed by atoms with Gasteiger partial charge in [0.25, 0.3) is 0 Å². The highest BCUT2D eigenvalue weighted by Gasteiger charge is 1.99. The van der Waals surface area contributed by atoms with E-state index in [1.165, 1.54) is 0 Å². The molecule has 7 nitrogen and oxygen atoms in total. The molecule has 7 heteroatoms. The summed E-state index contributed by atoms with van der Waals surface area (Å²) < 4.78 is 10.0. The lowest BCUT2D eigenvalue weighted by Crippen LogP contribution is -2.39. The predicted molar refractivity (Wildman–Crippen MR) is 65.6 cm³/mol. The fourth-order valence-corrected chi connectivity index (χ4v) is 1.04. The van der Waals surface area contributed by atoms with E-state index in [9.17, 15) is 9.59 Å². The maximum Gasteiger partial charge on any atom is 0.329 e. The van der Waals surface area contributed by atoms with Gasteiger partial charge in [-0.1, -0.05) is 13.3 Å². The zero-order valence-electron chi connectivity index (χ0n) is 10.7. The Balaban J connectivity index is 3.20. The third-order valence-corrected chi connectivity index (χ3v) is 1.93. The Hall–Kier alpha value is -1.34. The number of hydrogen-bond acceptors (Lipinski definition) is 4. The summed E-state index contributed by atoms with van der Waals surface area (Å²) in [6.07, 6.45) is 2.11. The standard InChI is InChI=1S/C11H22N2O5/c1-2-3-6-17-7-4-12-11(16)13-5-8-18-9-10(14)15/h2-9H2,1H3,(H,14,15)(H2,12,13,16). The fraction of sp³-hybridized carbons (Fsp3) is 0.818. The van der Waals surface area contributed by atoms with Gasteiger partial charge in [-0.25, -0.2) is 9.59 Å². The molecule has 0 aromatic carbocycles. The topological polar surface area (TPSA) is 96.9 Å². The molecule has 0 aliphatic carbocycles. The molecule has 0 unspecified atom stereocenters. The first kappa shape index (κ1) is 16.7. The number of ether oxygens (including phenoxy) is 2. The Morgan fingerprint density at radius 3 is 2.22 bits per heavy atom. The van der Waals surface area contributed by atoms with Gasteiger partial charge in [-0.05, 0) is 6.42 Å². The van der Waals surface area contributed by atoms with Crippen LogP contribution in [0.4, 0.5) is 4.79 Å². The zero-order valence-corrected chi connectivity index (χ0v) is 10.7. The number of hydrogen-bond donors (Lipinski definition) is 3. The van der Waals surface area contributed by atoms with Crippen LogP contribution in [0.15, 0.2) is 0 Å². The molecule has 0 saturated heterocycles. The summed E-state index contributed by atoms with van der Waals surface area (Å²) in [7, 11) is 0. The number of amides is 2. The molecule has 0 aromatic rings. The fourth-order valence-electron chi connectivity index (χ4n) is 1.04. The smallest absolute Gasteiger partial charge is 0.329 e. The van der Waals surface area contributed by atoms with Crippen LogP contribution in [0, 0.1) is 0 Å². The molecule has 0 spiro atoms. The van der Waals surface area contributed by atoms with Crippen LogP contribution in [0.25, 0.3) is 0 Å². The van der Waals surface area contributed by atoms with Gasteiger partial charge < -0.3 is 25.2 Å². The first-order valence-corrected chi connectivity index (χ1v) is 6.05. The van der Waals surface area contributed by atoms with Gasteiger partial charge in [0.15, 0.2) is 0 Å². The van der Waals surface area contributed by atoms with Gasteiger partial charge in [0.1, 0.15) is 6.61 Å². The number of carbonyl (C=O) groups excluding carboxylic acids is 1. The molecule has 0 aromatic heterocycles. The van der Waals surface area contributed by atoms with Crippen molar-refractivity contribution in [2.75, 3.05) is 39.5 Å². The molecule has 0 heterocycles. The average molecular weight is 262 g/mol. The summed E-state index contributed by atoms with van der Waals surface area (Å²) in [5.74, 6) is -1.02. The Labute approximate surface area is 107 Å². The van der Waals surface area contributed by atoms with Crippen LogP contribution < -0.4 is 10.6 Å². The van der Waals surface area contributed by atoms with Crippen molar-refractivity contribution in [2.45, 2.75) is 19.8 Å². The van der Waals surface area contributed by atoms with E-state index in [4.69, 9.17) is 14.6 Å². The van der Waals surface area contributed by atoms with Crippen LogP contribution in [0.1, 0.15) is 19.8 Å². The van der Waals surface area contributed by atoms with Gasteiger partial charge in [0.05, 0.1) is 13.2 Å². The Bertz CT molecular complexity index is 235. The average Bonchev–Trinajstić information content (AvgIpc) is 2.33. The number of unbranched alkanes of at least 4 members (excludes halogenated alkanes) is 1. The normalized spacial score (nSPS) is 10.1. The monoisotopic (exact) mass is 262 g/mol. The Morgan fingerprint density at radius 1 is 1.06 bits per heavy atom. The largest absolute Gasteiger partial charge is 0.480 e. The first-order chi connectivity index (χ1) is 8.66. The Morgan fingerprint density at radius 2 is 1.67 bits per heavy atom. The number of urea groups is 1. The van der Waals surface area contributed by atoms with Crippen LogP contribution in [-0.4, -0.2) is 56.6 Å². The molecule has 106 valence electrons. The quantitative estimate of drug-likeness (QED) is 0.462. The van der Waals surface area contributed by atoms with Crippen molar-refractivity contribution in [3.63, 3.8) is 0 Å². The molecule has 18 heavy (non-hydrogen) atoms. The molecule has 0 aliphatic rings. The van der Waals surface area contributed by atoms with Crippen LogP contribution in [0.2, 0.25) is 0 Å². The highest BCUT2D eigenvalue weighted by atomic mass is 16.5. The molecule has 0 radical (unpaired) electrons. The lowest BCUT2D eigenvalue weighted by atomic mass is 10.4. The van der Waals surface area contributed by atoms with Gasteiger partial charge in [0, 0.05) is 19.7 Å². The van der Waals surface area contributed by atoms with Crippen molar-refractivity contribution in [3.05, 3.63) is 0 Å². The third kappa shape index (κ3) is 12.7. The van der Waals surface area contributed by atoms with Crippen LogP contribution in [-0.2, 0) is 14.3 Å². The molecule has 0 bridgehead atoms. The van der Waals surface area contributed by atoms with Crippen molar-refractivity contribution in [1.29, 1.82) is 0 Å². The number of rotatable bonds is 11. The lowest BCUT2D eigenvalue weighted by molar-refractivity contribution is -0.142. The molecule has 0 aliphatic heterocycles. The van der Waals surface area contributed by atoms with Crippen molar-refractivity contribution < 1.29 is 24.2 Å². The van der Waals surface area contributed by atoms with Crippen molar-refractivity contribution >= 4 is 12.0 Å². The molecule has 2 amide bonds. The van der Waals surface area contributed by atoms with Crippen LogP contribution in [0.3, 0.4) is 0 Å². The number of aliphatic carboxylic acids is 1. The van der Waals surface area contributed by atoms with Gasteiger partial charge in [0.2, 0.25) is 0 Å². The van der Waals surface area contributed by atoms with E-state index >= 15 is 0 Å². The third-order valence-electron chi connectivity index (χ3n) is 1.93. The van der Waals surface area contributed by atoms with E-state index in [0.717, 1.165) is 12.8 Å². The van der Waals surface area contributed by atoms with Crippen LogP contribution in [0.5, 0.6) is 0 Å². The summed E-state index contributed by atoms with van der Waals surface area (Å²) in [6, 6.07) is -0.312. The zero-order chi connectivity index (χ0) is 13.6. The maximum absolute atomic E-state index is 11.2. The van der Waals surface area contributed by atoms with Crippen molar-refractivity contribution in [1.82, 2.24) is 10.6 Å². The molecule has 0 atom stereocenters. The second kappa shape index (κ2) is 12.1. The minimum absolute atomic E-state index is 0.173. The predicted octanol–water partition coefficient (Wildman–Crippen LogP) is 0.204. The van der Waals surface area contributed by atoms with Gasteiger partial charge >= 0.3 is 12.0 Å². The number of carboxylic acid groups (broad SMARTS) is 1. The van der Waals surface area contributed by atoms with Gasteiger partial charge in [-0.2, -0.15) is 0 Å². The molecular formula is C11H22N2O5. The molecule has 0 rings (SSSR count). The summed E-state index contributed by atoms with van der Waals surface area (Å²) in [6.45, 7) is 3.83. The van der Waals surface area contributed by atoms with E-state index in [0.29, 0.717) is 19.8 Å². The number of nitrogens with one attached hydrogen (secondary N) is 2. The SMILES string of the molecule is CCCCOCCNC(=O)NCCOCC(=O)O. The number of carbonyl (C=O) groups is 2. The second-order valence-corrected chi connectivity index (χ2v) is 3.59. The van der Waals surface area contributed by atoms with Crippen molar-refractivity contribution in [2.24, 2.45) is 0 Å². The van der Waals surface area contributed by atoms with E-state index in [2.05, 4.69) is 17.6 Å². The summed E-state index contributed by atoms with van der Waals surface area (Å²) in [5.41, 5.74) is 0. The minimum Gasteiger partial charge on any atom is -0.480 e. The van der Waals surface area contributed by atoms with Gasteiger partial charge in [-0.15, -0.1) is 0 Å². The van der Waals surface area contributed by atoms with Crippen molar-refractivity contribution in [3.8, 4) is 0 Å². The molecule has 3 N–H and O–H groups in total. The maximum atomic E-state index is 11.2. The molecular weight excluding hydrogens is 240 g/mol. The molecule has 0 fully saturated rings. The number of carboxylic acids is 1. The van der Waals surface area contributed by atoms with E-state index in [1.807, 2.05) is 0 Å². The highest BCUT2D eigenvalue weighted by Crippen LogP contribution is 1.86. The van der Waals surface area contributed by atoms with E-state index < -0.39 is 5.97 Å². The summed E-state index contributed by atoms with van der Waals surface area (Å²) in [5, 5.41) is 13.4. The minimum atomic E-state index is -1.02. The highest BCUT2D eigenvalue weighted by molar-refractivity contribution is 5.73. The van der Waals surface area contributed by atoms with E-state index in [-0.39, 0.29) is 25.8 Å². The lowest BCUT2D eigenvalue weighted by Gasteiger charge is -2.08. The van der Waals surface area contributed by atoms with Gasteiger partial charge in [-0.3, -0.25) is 0 Å². The second-order valence-electron chi connectivity index (χ2n) is 3.59. The summed E-state index contributed by atoms with van der Waals surface area (Å²) >= 11 is 0. The molecule has 0 saturated carbocycles. The summed E-state index contributed by atoms with van der Waals surface area (Å²) in [4.78, 5) is 21.3.